The fourth-order valence-corrected chi connectivity index (χ4v) is 0.963. The molecule has 0 fully saturated rings. The highest BCUT2D eigenvalue weighted by molar-refractivity contribution is 5.23. The van der Waals surface area contributed by atoms with Gasteiger partial charge in [-0.3, -0.25) is 14.9 Å². The van der Waals surface area contributed by atoms with E-state index in [1.54, 1.807) is 0 Å². The maximum Gasteiger partial charge on any atom is 0.333 e. The number of nitrogens with zero attached hydrogens (tertiary/aromatic N) is 1. The molecule has 0 spiro atoms. The number of hydrogen-bond acceptors (Lipinski definition) is 4. The van der Waals surface area contributed by atoms with Crippen molar-refractivity contribution >= 4 is 5.69 Å². The second-order valence-electron chi connectivity index (χ2n) is 2.91. The third-order valence-corrected chi connectivity index (χ3v) is 1.71. The second kappa shape index (κ2) is 6.78. The number of pyridine rings is 1. The van der Waals surface area contributed by atoms with Crippen LogP contribution in [0, 0.1) is 10.1 Å². The number of hydrogen-bond donors (Lipinski definition) is 2. The normalized spacial score (nSPS) is 12.0. The van der Waals surface area contributed by atoms with Gasteiger partial charge in [0, 0.05) is 24.7 Å². The minimum Gasteiger partial charge on any atom is -0.368 e. The van der Waals surface area contributed by atoms with Gasteiger partial charge in [0.1, 0.15) is 0 Å². The summed E-state index contributed by atoms with van der Waals surface area (Å²) in [5.74, 6) is 0. The first-order valence-corrected chi connectivity index (χ1v) is 4.78. The van der Waals surface area contributed by atoms with Crippen LogP contribution in [0.1, 0.15) is 0 Å². The van der Waals surface area contributed by atoms with E-state index in [1.165, 1.54) is 12.3 Å². The molecule has 0 bridgehead atoms. The first-order chi connectivity index (χ1) is 8.22. The van der Waals surface area contributed by atoms with Crippen LogP contribution in [-0.2, 0) is 0 Å². The van der Waals surface area contributed by atoms with Crippen molar-refractivity contribution in [1.82, 2.24) is 10.3 Å². The smallest absolute Gasteiger partial charge is 0.333 e. The van der Waals surface area contributed by atoms with E-state index in [4.69, 9.17) is 0 Å². The molecule has 0 saturated carbocycles. The molecule has 1 aliphatic rings. The summed E-state index contributed by atoms with van der Waals surface area (Å²) in [5.41, 5.74) is -1.10. The molecule has 0 radical (unpaired) electrons. The van der Waals surface area contributed by atoms with Crippen LogP contribution in [0.4, 0.5) is 5.69 Å². The van der Waals surface area contributed by atoms with Crippen LogP contribution in [0.15, 0.2) is 59.8 Å². The van der Waals surface area contributed by atoms with Crippen LogP contribution in [0.5, 0.6) is 0 Å². The summed E-state index contributed by atoms with van der Waals surface area (Å²) in [7, 11) is 0. The molecule has 2 N–H and O–H groups in total. The van der Waals surface area contributed by atoms with Crippen LogP contribution in [0.3, 0.4) is 0 Å². The fourth-order valence-electron chi connectivity index (χ4n) is 0.963. The average molecular weight is 233 g/mol. The number of nitro groups is 1. The molecule has 0 amide bonds. The molecule has 2 heterocycles. The number of aromatic nitrogens is 1. The van der Waals surface area contributed by atoms with Crippen LogP contribution in [0.25, 0.3) is 0 Å². The maximum atomic E-state index is 10.6. The molecular weight excluding hydrogens is 222 g/mol. The van der Waals surface area contributed by atoms with Gasteiger partial charge in [0.05, 0.1) is 4.92 Å². The summed E-state index contributed by atoms with van der Waals surface area (Å²) >= 11 is 0. The highest BCUT2D eigenvalue weighted by Gasteiger charge is 2.07. The third-order valence-electron chi connectivity index (χ3n) is 1.71. The molecule has 1 aromatic heterocycles. The van der Waals surface area contributed by atoms with E-state index in [1.807, 2.05) is 36.7 Å². The number of allylic oxidation sites excluding steroid dienone is 4. The van der Waals surface area contributed by atoms with Crippen molar-refractivity contribution in [2.24, 2.45) is 0 Å². The maximum absolute atomic E-state index is 10.6. The quantitative estimate of drug-likeness (QED) is 0.567. The summed E-state index contributed by atoms with van der Waals surface area (Å²) in [6, 6.07) is 2.55. The van der Waals surface area contributed by atoms with Gasteiger partial charge in [-0.2, -0.15) is 0 Å². The van der Waals surface area contributed by atoms with Crippen molar-refractivity contribution in [3.8, 4) is 0 Å². The Balaban J connectivity index is 0.000000181. The molecule has 17 heavy (non-hydrogen) atoms. The SMILES string of the molecule is C1=CC=CNC=C1.O=c1[nH]cccc1[N+](=O)[O-]. The Morgan fingerprint density at radius 1 is 1.12 bits per heavy atom. The van der Waals surface area contributed by atoms with Crippen molar-refractivity contribution in [1.29, 1.82) is 0 Å². The van der Waals surface area contributed by atoms with Crippen molar-refractivity contribution in [3.05, 3.63) is 75.5 Å². The molecule has 88 valence electrons. The Labute approximate surface area is 97.1 Å². The van der Waals surface area contributed by atoms with Gasteiger partial charge < -0.3 is 10.3 Å². The Morgan fingerprint density at radius 2 is 1.76 bits per heavy atom. The van der Waals surface area contributed by atoms with E-state index < -0.39 is 16.2 Å². The van der Waals surface area contributed by atoms with E-state index in [9.17, 15) is 14.9 Å². The summed E-state index contributed by atoms with van der Waals surface area (Å²) in [6.07, 6.45) is 12.9. The zero-order chi connectivity index (χ0) is 12.5. The Kier molecular flexibility index (Phi) is 4.96. The zero-order valence-electron chi connectivity index (χ0n) is 8.87. The van der Waals surface area contributed by atoms with E-state index in [2.05, 4.69) is 10.3 Å². The van der Waals surface area contributed by atoms with Crippen LogP contribution in [-0.4, -0.2) is 9.91 Å². The number of H-pyrrole nitrogens is 1. The van der Waals surface area contributed by atoms with Crippen molar-refractivity contribution < 1.29 is 4.92 Å². The molecule has 1 aliphatic heterocycles. The molecule has 1 aromatic rings. The van der Waals surface area contributed by atoms with E-state index in [0.29, 0.717) is 0 Å². The average Bonchev–Trinajstić information content (AvgIpc) is 2.62. The highest BCUT2D eigenvalue weighted by atomic mass is 16.6. The second-order valence-corrected chi connectivity index (χ2v) is 2.91. The van der Waals surface area contributed by atoms with Gasteiger partial charge in [-0.25, -0.2) is 0 Å². The van der Waals surface area contributed by atoms with Crippen molar-refractivity contribution in [2.45, 2.75) is 0 Å². The zero-order valence-corrected chi connectivity index (χ0v) is 8.87. The summed E-state index contributed by atoms with van der Waals surface area (Å²) in [4.78, 5) is 22.0. The Bertz CT molecular complexity index is 501. The number of nitrogens with one attached hydrogen (secondary N) is 2. The van der Waals surface area contributed by atoms with E-state index >= 15 is 0 Å². The summed E-state index contributed by atoms with van der Waals surface area (Å²) in [5, 5.41) is 12.9. The Hall–Kier alpha value is -2.63. The molecule has 0 unspecified atom stereocenters. The molecule has 6 nitrogen and oxygen atoms in total. The lowest BCUT2D eigenvalue weighted by Crippen LogP contribution is -2.09. The third kappa shape index (κ3) is 4.61. The lowest BCUT2D eigenvalue weighted by Gasteiger charge is -1.85. The van der Waals surface area contributed by atoms with E-state index in [-0.39, 0.29) is 0 Å². The molecule has 0 saturated heterocycles. The molecule has 2 rings (SSSR count). The standard InChI is InChI=1S/C6H7N.C5H4N2O3/c1-2-4-6-7-5-3-1;8-5-4(7(9)10)2-1-3-6-5/h1-7H;1-3H,(H,6,8). The minimum atomic E-state index is -0.723. The van der Waals surface area contributed by atoms with Crippen LogP contribution >= 0.6 is 0 Å². The minimum absolute atomic E-state index is 0.428. The van der Waals surface area contributed by atoms with Gasteiger partial charge in [-0.1, -0.05) is 12.2 Å². The van der Waals surface area contributed by atoms with Gasteiger partial charge in [0.2, 0.25) is 0 Å². The highest BCUT2D eigenvalue weighted by Crippen LogP contribution is 1.98. The van der Waals surface area contributed by atoms with Crippen LogP contribution in [0.2, 0.25) is 0 Å². The largest absolute Gasteiger partial charge is 0.368 e. The number of rotatable bonds is 1. The number of aromatic amines is 1. The predicted octanol–water partition coefficient (Wildman–Crippen LogP) is 1.46. The fraction of sp³-hybridized carbons (Fsp3) is 0. The van der Waals surface area contributed by atoms with Gasteiger partial charge in [0.25, 0.3) is 0 Å². The Morgan fingerprint density at radius 3 is 2.24 bits per heavy atom. The van der Waals surface area contributed by atoms with Crippen LogP contribution < -0.4 is 10.9 Å². The van der Waals surface area contributed by atoms with Crippen molar-refractivity contribution in [2.75, 3.05) is 0 Å². The predicted molar refractivity (Wildman–Crippen MR) is 64.3 cm³/mol. The van der Waals surface area contributed by atoms with E-state index in [0.717, 1.165) is 6.07 Å². The molecule has 0 aliphatic carbocycles. The topological polar surface area (TPSA) is 88.0 Å². The van der Waals surface area contributed by atoms with Gasteiger partial charge in [0.15, 0.2) is 0 Å². The lowest BCUT2D eigenvalue weighted by molar-refractivity contribution is -0.386. The lowest BCUT2D eigenvalue weighted by atomic mass is 10.4. The molecule has 0 aromatic carbocycles. The molecule has 0 atom stereocenters. The molecular formula is C11H11N3O3. The first-order valence-electron chi connectivity index (χ1n) is 4.78. The van der Waals surface area contributed by atoms with Gasteiger partial charge in [-0.15, -0.1) is 0 Å². The van der Waals surface area contributed by atoms with Gasteiger partial charge in [-0.05, 0) is 18.2 Å². The monoisotopic (exact) mass is 233 g/mol. The molecule has 6 heteroatoms. The summed E-state index contributed by atoms with van der Waals surface area (Å²) in [6.45, 7) is 0. The first kappa shape index (κ1) is 12.4. The van der Waals surface area contributed by atoms with Gasteiger partial charge >= 0.3 is 11.2 Å². The van der Waals surface area contributed by atoms with Crippen molar-refractivity contribution in [3.63, 3.8) is 0 Å². The summed E-state index contributed by atoms with van der Waals surface area (Å²) < 4.78 is 0.